The van der Waals surface area contributed by atoms with E-state index in [-0.39, 0.29) is 0 Å². The summed E-state index contributed by atoms with van der Waals surface area (Å²) in [7, 11) is 3.76. The van der Waals surface area contributed by atoms with Gasteiger partial charge in [0.2, 0.25) is 17.8 Å². The Morgan fingerprint density at radius 1 is 1.33 bits per heavy atom. The van der Waals surface area contributed by atoms with Gasteiger partial charge in [0.15, 0.2) is 0 Å². The van der Waals surface area contributed by atoms with E-state index in [0.29, 0.717) is 17.8 Å². The minimum absolute atomic E-state index is 0.548. The second-order valence-electron chi connectivity index (χ2n) is 3.90. The molecule has 1 N–H and O–H groups in total. The predicted octanol–water partition coefficient (Wildman–Crippen LogP) is 0.945. The number of rotatable bonds is 5. The molecule has 0 aliphatic rings. The van der Waals surface area contributed by atoms with Gasteiger partial charge in [0.25, 0.3) is 0 Å². The van der Waals surface area contributed by atoms with Gasteiger partial charge in [0.05, 0.1) is 0 Å². The Balaban J connectivity index is 2.39. The molecule has 0 saturated carbocycles. The normalized spacial score (nSPS) is 10.4. The third kappa shape index (κ3) is 2.55. The third-order valence-electron chi connectivity index (χ3n) is 2.47. The minimum Gasteiger partial charge on any atom is -0.357 e. The number of hydrogen-bond acceptors (Lipinski definition) is 6. The largest absolute Gasteiger partial charge is 0.357 e. The lowest BCUT2D eigenvalue weighted by Crippen LogP contribution is -2.22. The molecule has 2 heterocycles. The smallest absolute Gasteiger partial charge is 0.241 e. The summed E-state index contributed by atoms with van der Waals surface area (Å²) in [6.07, 6.45) is 6.20. The Morgan fingerprint density at radius 3 is 2.78 bits per heavy atom. The van der Waals surface area contributed by atoms with E-state index in [4.69, 9.17) is 0 Å². The number of anilines is 2. The molecular weight excluding hydrogens is 230 g/mol. The molecule has 18 heavy (non-hydrogen) atoms. The monoisotopic (exact) mass is 247 g/mol. The summed E-state index contributed by atoms with van der Waals surface area (Å²) < 4.78 is 1.76. The summed E-state index contributed by atoms with van der Waals surface area (Å²) in [6, 6.07) is 0. The molecule has 7 nitrogen and oxygen atoms in total. The van der Waals surface area contributed by atoms with E-state index in [1.807, 2.05) is 11.9 Å². The Hall–Kier alpha value is -2.18. The van der Waals surface area contributed by atoms with Crippen LogP contribution >= 0.6 is 0 Å². The summed E-state index contributed by atoms with van der Waals surface area (Å²) in [5, 5.41) is 2.94. The highest BCUT2D eigenvalue weighted by molar-refractivity contribution is 5.39. The van der Waals surface area contributed by atoms with E-state index in [0.717, 1.165) is 13.0 Å². The zero-order valence-electron chi connectivity index (χ0n) is 10.8. The van der Waals surface area contributed by atoms with Crippen molar-refractivity contribution in [1.29, 1.82) is 0 Å². The number of aromatic nitrogens is 5. The maximum absolute atomic E-state index is 4.43. The van der Waals surface area contributed by atoms with E-state index in [9.17, 15) is 0 Å². The van der Waals surface area contributed by atoms with Gasteiger partial charge >= 0.3 is 0 Å². The van der Waals surface area contributed by atoms with E-state index in [2.05, 4.69) is 32.2 Å². The van der Waals surface area contributed by atoms with Gasteiger partial charge < -0.3 is 10.2 Å². The molecule has 0 bridgehead atoms. The fourth-order valence-corrected chi connectivity index (χ4v) is 1.56. The highest BCUT2D eigenvalue weighted by Gasteiger charge is 2.10. The number of nitrogens with zero attached hydrogens (tertiary/aromatic N) is 6. The van der Waals surface area contributed by atoms with Crippen LogP contribution in [0.1, 0.15) is 13.3 Å². The molecule has 0 amide bonds. The van der Waals surface area contributed by atoms with Gasteiger partial charge in [-0.2, -0.15) is 15.0 Å². The van der Waals surface area contributed by atoms with E-state index in [1.165, 1.54) is 0 Å². The van der Waals surface area contributed by atoms with Gasteiger partial charge in [-0.15, -0.1) is 0 Å². The number of nitrogens with one attached hydrogen (secondary N) is 1. The van der Waals surface area contributed by atoms with Crippen LogP contribution < -0.4 is 10.2 Å². The van der Waals surface area contributed by atoms with Crippen molar-refractivity contribution < 1.29 is 0 Å². The molecule has 0 fully saturated rings. The standard InChI is InChI=1S/C11H17N7/c1-4-6-17(3)10-14-9(12-2)15-11(16-10)18-7-5-13-8-18/h5,7-8H,4,6H2,1-3H3,(H,12,14,15,16). The fraction of sp³-hybridized carbons (Fsp3) is 0.455. The van der Waals surface area contributed by atoms with Crippen LogP contribution in [0.4, 0.5) is 11.9 Å². The molecule has 0 atom stereocenters. The van der Waals surface area contributed by atoms with Gasteiger partial charge in [0.1, 0.15) is 6.33 Å². The zero-order chi connectivity index (χ0) is 13.0. The van der Waals surface area contributed by atoms with Crippen molar-refractivity contribution in [2.45, 2.75) is 13.3 Å². The van der Waals surface area contributed by atoms with Crippen molar-refractivity contribution in [2.75, 3.05) is 30.9 Å². The summed E-state index contributed by atoms with van der Waals surface area (Å²) in [6.45, 7) is 3.02. The first kappa shape index (κ1) is 12.3. The first-order chi connectivity index (χ1) is 8.74. The van der Waals surface area contributed by atoms with Gasteiger partial charge in [-0.05, 0) is 6.42 Å². The lowest BCUT2D eigenvalue weighted by Gasteiger charge is -2.17. The lowest BCUT2D eigenvalue weighted by molar-refractivity contribution is 0.797. The van der Waals surface area contributed by atoms with Gasteiger partial charge in [-0.25, -0.2) is 4.98 Å². The number of hydrogen-bond donors (Lipinski definition) is 1. The van der Waals surface area contributed by atoms with Crippen molar-refractivity contribution in [2.24, 2.45) is 0 Å². The molecule has 0 saturated heterocycles. The summed E-state index contributed by atoms with van der Waals surface area (Å²) >= 11 is 0. The Morgan fingerprint density at radius 2 is 2.17 bits per heavy atom. The quantitative estimate of drug-likeness (QED) is 0.848. The average Bonchev–Trinajstić information content (AvgIpc) is 2.92. The van der Waals surface area contributed by atoms with Crippen LogP contribution in [0.15, 0.2) is 18.7 Å². The Kier molecular flexibility index (Phi) is 3.71. The van der Waals surface area contributed by atoms with E-state index < -0.39 is 0 Å². The van der Waals surface area contributed by atoms with Crippen LogP contribution in [-0.4, -0.2) is 45.1 Å². The second kappa shape index (κ2) is 5.44. The second-order valence-corrected chi connectivity index (χ2v) is 3.90. The van der Waals surface area contributed by atoms with Crippen LogP contribution in [0.3, 0.4) is 0 Å². The highest BCUT2D eigenvalue weighted by atomic mass is 15.3. The topological polar surface area (TPSA) is 71.8 Å². The summed E-state index contributed by atoms with van der Waals surface area (Å²) in [5.41, 5.74) is 0. The molecule has 0 radical (unpaired) electrons. The summed E-state index contributed by atoms with van der Waals surface area (Å²) in [4.78, 5) is 19.1. The van der Waals surface area contributed by atoms with Crippen LogP contribution in [0.5, 0.6) is 0 Å². The molecule has 2 aromatic rings. The maximum Gasteiger partial charge on any atom is 0.241 e. The molecule has 0 aromatic carbocycles. The Labute approximate surface area is 106 Å². The van der Waals surface area contributed by atoms with Gasteiger partial charge in [0, 0.05) is 33.0 Å². The molecule has 0 aliphatic heterocycles. The predicted molar refractivity (Wildman–Crippen MR) is 70.1 cm³/mol. The molecule has 2 aromatic heterocycles. The molecule has 2 rings (SSSR count). The molecule has 0 aliphatic carbocycles. The van der Waals surface area contributed by atoms with Crippen LogP contribution in [0.2, 0.25) is 0 Å². The molecule has 0 unspecified atom stereocenters. The van der Waals surface area contributed by atoms with Crippen molar-refractivity contribution in [3.8, 4) is 5.95 Å². The first-order valence-electron chi connectivity index (χ1n) is 5.88. The minimum atomic E-state index is 0.548. The van der Waals surface area contributed by atoms with Crippen LogP contribution in [0, 0.1) is 0 Å². The van der Waals surface area contributed by atoms with Crippen molar-refractivity contribution in [3.63, 3.8) is 0 Å². The summed E-state index contributed by atoms with van der Waals surface area (Å²) in [5.74, 6) is 1.76. The molecule has 0 spiro atoms. The fourth-order valence-electron chi connectivity index (χ4n) is 1.56. The molecule has 96 valence electrons. The van der Waals surface area contributed by atoms with Gasteiger partial charge in [-0.1, -0.05) is 6.92 Å². The lowest BCUT2D eigenvalue weighted by atomic mass is 10.4. The molecular formula is C11H17N7. The third-order valence-corrected chi connectivity index (χ3v) is 2.47. The van der Waals surface area contributed by atoms with E-state index in [1.54, 1.807) is 30.3 Å². The van der Waals surface area contributed by atoms with Crippen molar-refractivity contribution >= 4 is 11.9 Å². The van der Waals surface area contributed by atoms with E-state index >= 15 is 0 Å². The van der Waals surface area contributed by atoms with Crippen LogP contribution in [-0.2, 0) is 0 Å². The first-order valence-corrected chi connectivity index (χ1v) is 5.88. The SMILES string of the molecule is CCCN(C)c1nc(NC)nc(-n2ccnc2)n1. The average molecular weight is 247 g/mol. The Bertz CT molecular complexity index is 494. The number of imidazole rings is 1. The molecule has 7 heteroatoms. The van der Waals surface area contributed by atoms with Crippen molar-refractivity contribution in [3.05, 3.63) is 18.7 Å². The van der Waals surface area contributed by atoms with Gasteiger partial charge in [-0.3, -0.25) is 4.57 Å². The van der Waals surface area contributed by atoms with Crippen molar-refractivity contribution in [1.82, 2.24) is 24.5 Å². The maximum atomic E-state index is 4.43. The van der Waals surface area contributed by atoms with Crippen LogP contribution in [0.25, 0.3) is 5.95 Å². The highest BCUT2D eigenvalue weighted by Crippen LogP contribution is 2.11. The zero-order valence-corrected chi connectivity index (χ0v) is 10.8.